The van der Waals surface area contributed by atoms with Gasteiger partial charge in [0.05, 0.1) is 0 Å². The molecule has 2 heteroatoms. The molecule has 0 bridgehead atoms. The second-order valence-electron chi connectivity index (χ2n) is 4.57. The van der Waals surface area contributed by atoms with E-state index in [-0.39, 0.29) is 5.60 Å². The van der Waals surface area contributed by atoms with Crippen LogP contribution in [0, 0.1) is 0 Å². The second kappa shape index (κ2) is 4.76. The molecule has 1 aromatic rings. The number of benzene rings is 1. The summed E-state index contributed by atoms with van der Waals surface area (Å²) < 4.78 is 5.83. The first-order valence-corrected chi connectivity index (χ1v) is 6.51. The lowest BCUT2D eigenvalue weighted by molar-refractivity contribution is 0.142. The van der Waals surface area contributed by atoms with Crippen LogP contribution in [-0.4, -0.2) is 15.4 Å². The summed E-state index contributed by atoms with van der Waals surface area (Å²) in [6.45, 7) is 8.51. The molecule has 0 unspecified atom stereocenters. The van der Waals surface area contributed by atoms with E-state index in [9.17, 15) is 0 Å². The topological polar surface area (TPSA) is 9.23 Å². The van der Waals surface area contributed by atoms with Crippen molar-refractivity contribution in [2.75, 3.05) is 0 Å². The minimum atomic E-state index is -0.539. The summed E-state index contributed by atoms with van der Waals surface area (Å²) in [5.41, 5.74) is 1.41. The third-order valence-corrected chi connectivity index (χ3v) is 3.92. The maximum atomic E-state index is 5.83. The third kappa shape index (κ3) is 4.07. The summed E-state index contributed by atoms with van der Waals surface area (Å²) in [5.74, 6) is 0. The van der Waals surface area contributed by atoms with Crippen molar-refractivity contribution in [2.24, 2.45) is 0 Å². The smallest absolute Gasteiger partial charge is 0.192 e. The van der Waals surface area contributed by atoms with Crippen LogP contribution >= 0.6 is 0 Å². The molecule has 0 saturated carbocycles. The summed E-state index contributed by atoms with van der Waals surface area (Å²) in [4.78, 5) is 0. The second-order valence-corrected chi connectivity index (χ2v) is 5.96. The molecule has 0 N–H and O–H groups in total. The van der Waals surface area contributed by atoms with Gasteiger partial charge in [0.2, 0.25) is 0 Å². The fourth-order valence-corrected chi connectivity index (χ4v) is 2.20. The number of aryl methyl sites for hydroxylation is 1. The van der Waals surface area contributed by atoms with E-state index >= 15 is 0 Å². The monoisotopic (exact) mass is 208 g/mol. The summed E-state index contributed by atoms with van der Waals surface area (Å²) >= 11 is 0. The summed E-state index contributed by atoms with van der Waals surface area (Å²) in [5, 5.41) is 1.39. The van der Waals surface area contributed by atoms with Crippen LogP contribution in [0.3, 0.4) is 0 Å². The van der Waals surface area contributed by atoms with Crippen LogP contribution < -0.4 is 5.19 Å². The van der Waals surface area contributed by atoms with E-state index in [2.05, 4.69) is 52.0 Å². The standard InChI is InChI=1S/C12H20OSi/c1-5-10-6-8-11(9-7-10)14-13-12(2,3)4/h6-9H,5,14H2,1-4H3. The highest BCUT2D eigenvalue weighted by molar-refractivity contribution is 6.46. The summed E-state index contributed by atoms with van der Waals surface area (Å²) in [6, 6.07) is 8.82. The highest BCUT2D eigenvalue weighted by atomic mass is 28.2. The molecule has 0 spiro atoms. The lowest BCUT2D eigenvalue weighted by Gasteiger charge is -2.19. The number of rotatable bonds is 3. The van der Waals surface area contributed by atoms with Crippen molar-refractivity contribution >= 4 is 14.9 Å². The number of hydrogen-bond donors (Lipinski definition) is 0. The van der Waals surface area contributed by atoms with Crippen LogP contribution in [0.4, 0.5) is 0 Å². The zero-order chi connectivity index (χ0) is 10.6. The van der Waals surface area contributed by atoms with Gasteiger partial charge in [0, 0.05) is 5.60 Å². The van der Waals surface area contributed by atoms with Gasteiger partial charge in [-0.15, -0.1) is 0 Å². The van der Waals surface area contributed by atoms with Gasteiger partial charge in [-0.2, -0.15) is 0 Å². The summed E-state index contributed by atoms with van der Waals surface area (Å²) in [7, 11) is -0.539. The maximum Gasteiger partial charge on any atom is 0.192 e. The molecule has 0 atom stereocenters. The Hall–Kier alpha value is -0.603. The van der Waals surface area contributed by atoms with Crippen molar-refractivity contribution in [3.05, 3.63) is 29.8 Å². The fraction of sp³-hybridized carbons (Fsp3) is 0.500. The lowest BCUT2D eigenvalue weighted by atomic mass is 10.2. The van der Waals surface area contributed by atoms with E-state index < -0.39 is 9.76 Å². The predicted octanol–water partition coefficient (Wildman–Crippen LogP) is 1.77. The molecule has 0 aliphatic heterocycles. The molecular weight excluding hydrogens is 188 g/mol. The molecule has 0 heterocycles. The minimum absolute atomic E-state index is 0.00957. The average molecular weight is 208 g/mol. The average Bonchev–Trinajstić information content (AvgIpc) is 2.14. The minimum Gasteiger partial charge on any atom is -0.414 e. The van der Waals surface area contributed by atoms with Gasteiger partial charge >= 0.3 is 0 Å². The molecule has 0 aliphatic rings. The van der Waals surface area contributed by atoms with Crippen molar-refractivity contribution in [1.82, 2.24) is 0 Å². The zero-order valence-electron chi connectivity index (χ0n) is 9.63. The Morgan fingerprint density at radius 1 is 1.14 bits per heavy atom. The van der Waals surface area contributed by atoms with Crippen LogP contribution in [0.25, 0.3) is 0 Å². The predicted molar refractivity (Wildman–Crippen MR) is 64.8 cm³/mol. The van der Waals surface area contributed by atoms with E-state index in [4.69, 9.17) is 4.43 Å². The molecule has 1 rings (SSSR count). The van der Waals surface area contributed by atoms with Gasteiger partial charge in [-0.25, -0.2) is 0 Å². The Kier molecular flexibility index (Phi) is 3.90. The molecule has 0 saturated heterocycles. The molecule has 0 fully saturated rings. The first-order valence-electron chi connectivity index (χ1n) is 5.23. The van der Waals surface area contributed by atoms with E-state index in [1.54, 1.807) is 0 Å². The van der Waals surface area contributed by atoms with E-state index in [1.807, 2.05) is 0 Å². The Morgan fingerprint density at radius 2 is 1.71 bits per heavy atom. The van der Waals surface area contributed by atoms with Crippen molar-refractivity contribution < 1.29 is 4.43 Å². The largest absolute Gasteiger partial charge is 0.414 e. The van der Waals surface area contributed by atoms with Gasteiger partial charge in [-0.3, -0.25) is 0 Å². The molecule has 1 aromatic carbocycles. The Labute approximate surface area is 89.4 Å². The van der Waals surface area contributed by atoms with Crippen molar-refractivity contribution in [3.8, 4) is 0 Å². The van der Waals surface area contributed by atoms with Crippen LogP contribution in [0.5, 0.6) is 0 Å². The van der Waals surface area contributed by atoms with Crippen LogP contribution in [-0.2, 0) is 10.8 Å². The first-order chi connectivity index (χ1) is 6.51. The van der Waals surface area contributed by atoms with Crippen LogP contribution in [0.1, 0.15) is 33.3 Å². The Bertz CT molecular complexity index is 271. The van der Waals surface area contributed by atoms with Crippen molar-refractivity contribution in [2.45, 2.75) is 39.7 Å². The van der Waals surface area contributed by atoms with E-state index in [1.165, 1.54) is 10.8 Å². The SMILES string of the molecule is CCc1ccc([SiH2]OC(C)(C)C)cc1. The molecule has 0 radical (unpaired) electrons. The van der Waals surface area contributed by atoms with Gasteiger partial charge in [0.25, 0.3) is 0 Å². The molecule has 1 nitrogen and oxygen atoms in total. The first kappa shape index (κ1) is 11.5. The fourth-order valence-electron chi connectivity index (χ4n) is 1.17. The summed E-state index contributed by atoms with van der Waals surface area (Å²) in [6.07, 6.45) is 1.11. The maximum absolute atomic E-state index is 5.83. The van der Waals surface area contributed by atoms with Crippen molar-refractivity contribution in [1.29, 1.82) is 0 Å². The molecule has 0 aromatic heterocycles. The zero-order valence-corrected chi connectivity index (χ0v) is 11.0. The van der Waals surface area contributed by atoms with Gasteiger partial charge in [-0.05, 0) is 37.9 Å². The van der Waals surface area contributed by atoms with Gasteiger partial charge in [-0.1, -0.05) is 31.2 Å². The van der Waals surface area contributed by atoms with Gasteiger partial charge in [0.15, 0.2) is 9.76 Å². The molecule has 14 heavy (non-hydrogen) atoms. The Morgan fingerprint density at radius 3 is 2.14 bits per heavy atom. The molecule has 78 valence electrons. The van der Waals surface area contributed by atoms with Crippen LogP contribution in [0.2, 0.25) is 0 Å². The van der Waals surface area contributed by atoms with E-state index in [0.29, 0.717) is 0 Å². The Balaban J connectivity index is 2.52. The van der Waals surface area contributed by atoms with Gasteiger partial charge < -0.3 is 4.43 Å². The lowest BCUT2D eigenvalue weighted by Crippen LogP contribution is -2.28. The molecule has 0 aliphatic carbocycles. The van der Waals surface area contributed by atoms with Gasteiger partial charge in [0.1, 0.15) is 0 Å². The van der Waals surface area contributed by atoms with Crippen molar-refractivity contribution in [3.63, 3.8) is 0 Å². The normalized spacial score (nSPS) is 12.6. The quantitative estimate of drug-likeness (QED) is 0.688. The number of hydrogen-bond acceptors (Lipinski definition) is 1. The highest BCUT2D eigenvalue weighted by Gasteiger charge is 2.09. The highest BCUT2D eigenvalue weighted by Crippen LogP contribution is 2.05. The van der Waals surface area contributed by atoms with E-state index in [0.717, 1.165) is 6.42 Å². The third-order valence-electron chi connectivity index (χ3n) is 2.10. The molecular formula is C12H20OSi. The molecule has 0 amide bonds. The van der Waals surface area contributed by atoms with Crippen LogP contribution in [0.15, 0.2) is 24.3 Å².